The van der Waals surface area contributed by atoms with Crippen LogP contribution in [0.1, 0.15) is 24.1 Å². The predicted octanol–water partition coefficient (Wildman–Crippen LogP) is 4.00. The summed E-state index contributed by atoms with van der Waals surface area (Å²) in [5.41, 5.74) is 9.35. The summed E-state index contributed by atoms with van der Waals surface area (Å²) in [5, 5.41) is 4.41. The Balaban J connectivity index is 1.67. The highest BCUT2D eigenvalue weighted by atomic mass is 35.5. The normalized spacial score (nSPS) is 16.3. The number of nitrogens with two attached hydrogens (primary N) is 1. The third-order valence-electron chi connectivity index (χ3n) is 4.56. The first-order chi connectivity index (χ1) is 13.0. The Morgan fingerprint density at radius 1 is 1.22 bits per heavy atom. The highest BCUT2D eigenvalue weighted by Gasteiger charge is 2.14. The Bertz CT molecular complexity index is 806. The monoisotopic (exact) mass is 406 g/mol. The zero-order valence-corrected chi connectivity index (χ0v) is 16.8. The second kappa shape index (κ2) is 9.31. The molecule has 1 aliphatic heterocycles. The van der Waals surface area contributed by atoms with Gasteiger partial charge in [-0.3, -0.25) is 0 Å². The van der Waals surface area contributed by atoms with Crippen molar-refractivity contribution in [3.63, 3.8) is 0 Å². The Kier molecular flexibility index (Phi) is 6.83. The molecule has 3 rings (SSSR count). The largest absolute Gasteiger partial charge is 0.378 e. The van der Waals surface area contributed by atoms with Crippen LogP contribution in [-0.4, -0.2) is 32.3 Å². The molecule has 1 heterocycles. The molecule has 1 saturated heterocycles. The summed E-state index contributed by atoms with van der Waals surface area (Å²) in [4.78, 5) is 6.85. The number of halogens is 2. The van der Waals surface area contributed by atoms with E-state index in [1.807, 2.05) is 31.2 Å². The molecule has 5 nitrogen and oxygen atoms in total. The van der Waals surface area contributed by atoms with Gasteiger partial charge in [-0.05, 0) is 36.2 Å². The van der Waals surface area contributed by atoms with Crippen LogP contribution in [0.5, 0.6) is 0 Å². The second-order valence-corrected chi connectivity index (χ2v) is 7.31. The van der Waals surface area contributed by atoms with E-state index in [0.29, 0.717) is 22.5 Å². The molecule has 0 amide bonds. The van der Waals surface area contributed by atoms with Crippen molar-refractivity contribution in [3.05, 3.63) is 63.6 Å². The first kappa shape index (κ1) is 19.8. The van der Waals surface area contributed by atoms with E-state index in [9.17, 15) is 0 Å². The molecule has 3 N–H and O–H groups in total. The highest BCUT2D eigenvalue weighted by Crippen LogP contribution is 2.26. The third-order valence-corrected chi connectivity index (χ3v) is 5.12. The number of nitrogens with one attached hydrogen (secondary N) is 1. The third kappa shape index (κ3) is 5.28. The molecule has 7 heteroatoms. The number of morpholine rings is 1. The molecular weight excluding hydrogens is 383 g/mol. The van der Waals surface area contributed by atoms with Crippen molar-refractivity contribution in [2.75, 3.05) is 31.2 Å². The highest BCUT2D eigenvalue weighted by molar-refractivity contribution is 6.35. The molecule has 1 fully saturated rings. The van der Waals surface area contributed by atoms with Crippen molar-refractivity contribution in [2.45, 2.75) is 19.5 Å². The molecular formula is C20H24Cl2N4O. The van der Waals surface area contributed by atoms with Gasteiger partial charge in [0.1, 0.15) is 0 Å². The van der Waals surface area contributed by atoms with Crippen LogP contribution in [0.3, 0.4) is 0 Å². The summed E-state index contributed by atoms with van der Waals surface area (Å²) < 4.78 is 5.44. The van der Waals surface area contributed by atoms with Crippen molar-refractivity contribution >= 4 is 34.8 Å². The van der Waals surface area contributed by atoms with Gasteiger partial charge in [-0.1, -0.05) is 47.5 Å². The minimum Gasteiger partial charge on any atom is -0.378 e. The lowest BCUT2D eigenvalue weighted by Gasteiger charge is -2.30. The quantitative estimate of drug-likeness (QED) is 0.581. The van der Waals surface area contributed by atoms with Gasteiger partial charge < -0.3 is 20.7 Å². The van der Waals surface area contributed by atoms with Crippen LogP contribution in [0, 0.1) is 0 Å². The van der Waals surface area contributed by atoms with E-state index in [4.69, 9.17) is 33.7 Å². The SMILES string of the molecule is CC(NC(N)=NCc1ccccc1N1CCOCC1)c1ccc(Cl)cc1Cl. The molecule has 1 atom stereocenters. The number of hydrogen-bond acceptors (Lipinski definition) is 3. The van der Waals surface area contributed by atoms with E-state index in [2.05, 4.69) is 27.3 Å². The summed E-state index contributed by atoms with van der Waals surface area (Å²) in [7, 11) is 0. The fourth-order valence-electron chi connectivity index (χ4n) is 3.13. The smallest absolute Gasteiger partial charge is 0.189 e. The minimum atomic E-state index is -0.0759. The number of hydrogen-bond donors (Lipinski definition) is 2. The molecule has 2 aromatic carbocycles. The number of nitrogens with zero attached hydrogens (tertiary/aromatic N) is 2. The van der Waals surface area contributed by atoms with Gasteiger partial charge in [0.2, 0.25) is 0 Å². The van der Waals surface area contributed by atoms with Gasteiger partial charge in [0.15, 0.2) is 5.96 Å². The van der Waals surface area contributed by atoms with Crippen LogP contribution in [-0.2, 0) is 11.3 Å². The lowest BCUT2D eigenvalue weighted by Crippen LogP contribution is -2.37. The van der Waals surface area contributed by atoms with Gasteiger partial charge in [-0.15, -0.1) is 0 Å². The maximum Gasteiger partial charge on any atom is 0.189 e. The van der Waals surface area contributed by atoms with Gasteiger partial charge in [0, 0.05) is 28.8 Å². The number of para-hydroxylation sites is 1. The van der Waals surface area contributed by atoms with E-state index < -0.39 is 0 Å². The minimum absolute atomic E-state index is 0.0759. The van der Waals surface area contributed by atoms with Crippen LogP contribution < -0.4 is 16.0 Å². The number of aliphatic imine (C=N–C) groups is 1. The van der Waals surface area contributed by atoms with E-state index in [1.165, 1.54) is 5.69 Å². The number of anilines is 1. The van der Waals surface area contributed by atoms with Gasteiger partial charge >= 0.3 is 0 Å². The molecule has 0 aliphatic carbocycles. The van der Waals surface area contributed by atoms with Crippen LogP contribution in [0.15, 0.2) is 47.5 Å². The molecule has 27 heavy (non-hydrogen) atoms. The van der Waals surface area contributed by atoms with Crippen LogP contribution in [0.25, 0.3) is 0 Å². The average Bonchev–Trinajstić information content (AvgIpc) is 2.67. The summed E-state index contributed by atoms with van der Waals surface area (Å²) in [5.74, 6) is 0.380. The van der Waals surface area contributed by atoms with Crippen molar-refractivity contribution in [1.29, 1.82) is 0 Å². The molecule has 0 aromatic heterocycles. The lowest BCUT2D eigenvalue weighted by molar-refractivity contribution is 0.122. The molecule has 0 spiro atoms. The summed E-state index contributed by atoms with van der Waals surface area (Å²) in [6.07, 6.45) is 0. The number of guanidine groups is 1. The van der Waals surface area contributed by atoms with E-state index >= 15 is 0 Å². The summed E-state index contributed by atoms with van der Waals surface area (Å²) in [6, 6.07) is 13.6. The maximum atomic E-state index is 6.27. The van der Waals surface area contributed by atoms with Crippen molar-refractivity contribution in [1.82, 2.24) is 5.32 Å². The van der Waals surface area contributed by atoms with Gasteiger partial charge in [-0.25, -0.2) is 4.99 Å². The Hall–Kier alpha value is -1.95. The Morgan fingerprint density at radius 3 is 2.70 bits per heavy atom. The van der Waals surface area contributed by atoms with Gasteiger partial charge in [-0.2, -0.15) is 0 Å². The van der Waals surface area contributed by atoms with Crippen LogP contribution >= 0.6 is 23.2 Å². The molecule has 0 bridgehead atoms. The topological polar surface area (TPSA) is 62.9 Å². The zero-order chi connectivity index (χ0) is 19.2. The zero-order valence-electron chi connectivity index (χ0n) is 15.3. The van der Waals surface area contributed by atoms with Crippen LogP contribution in [0.4, 0.5) is 5.69 Å². The average molecular weight is 407 g/mol. The van der Waals surface area contributed by atoms with E-state index in [0.717, 1.165) is 37.4 Å². The van der Waals surface area contributed by atoms with Crippen LogP contribution in [0.2, 0.25) is 10.0 Å². The Morgan fingerprint density at radius 2 is 1.96 bits per heavy atom. The number of ether oxygens (including phenoxy) is 1. The molecule has 144 valence electrons. The van der Waals surface area contributed by atoms with Crippen molar-refractivity contribution < 1.29 is 4.74 Å². The van der Waals surface area contributed by atoms with Gasteiger partial charge in [0.25, 0.3) is 0 Å². The summed E-state index contributed by atoms with van der Waals surface area (Å²) in [6.45, 7) is 5.77. The first-order valence-electron chi connectivity index (χ1n) is 8.96. The molecule has 1 unspecified atom stereocenters. The summed E-state index contributed by atoms with van der Waals surface area (Å²) >= 11 is 12.2. The lowest BCUT2D eigenvalue weighted by atomic mass is 10.1. The van der Waals surface area contributed by atoms with E-state index in [1.54, 1.807) is 6.07 Å². The number of rotatable bonds is 5. The molecule has 2 aromatic rings. The van der Waals surface area contributed by atoms with Crippen molar-refractivity contribution in [3.8, 4) is 0 Å². The van der Waals surface area contributed by atoms with Crippen molar-refractivity contribution in [2.24, 2.45) is 10.7 Å². The van der Waals surface area contributed by atoms with Gasteiger partial charge in [0.05, 0.1) is 25.8 Å². The second-order valence-electron chi connectivity index (χ2n) is 6.46. The molecule has 0 radical (unpaired) electrons. The molecule has 1 aliphatic rings. The Labute approximate surface area is 170 Å². The fourth-order valence-corrected chi connectivity index (χ4v) is 3.70. The maximum absolute atomic E-state index is 6.27. The molecule has 0 saturated carbocycles. The standard InChI is InChI=1S/C20H24Cl2N4O/c1-14(17-7-6-16(21)12-18(17)22)25-20(23)24-13-15-4-2-3-5-19(15)26-8-10-27-11-9-26/h2-7,12,14H,8-11,13H2,1H3,(H3,23,24,25). The van der Waals surface area contributed by atoms with E-state index in [-0.39, 0.29) is 6.04 Å². The first-order valence-corrected chi connectivity index (χ1v) is 9.72. The predicted molar refractivity (Wildman–Crippen MR) is 113 cm³/mol. The fraction of sp³-hybridized carbons (Fsp3) is 0.350. The number of benzene rings is 2.